The number of para-hydroxylation sites is 1. The summed E-state index contributed by atoms with van der Waals surface area (Å²) in [5.41, 5.74) is 1.65. The quantitative estimate of drug-likeness (QED) is 0.787. The van der Waals surface area contributed by atoms with Gasteiger partial charge in [0.25, 0.3) is 0 Å². The van der Waals surface area contributed by atoms with Crippen LogP contribution in [0.4, 0.5) is 0 Å². The van der Waals surface area contributed by atoms with Crippen LogP contribution in [0.15, 0.2) is 53.1 Å². The first kappa shape index (κ1) is 11.9. The van der Waals surface area contributed by atoms with Crippen LogP contribution in [0.3, 0.4) is 0 Å². The van der Waals surface area contributed by atoms with Crippen molar-refractivity contribution in [3.05, 3.63) is 58.7 Å². The Balaban J connectivity index is 2.30. The zero-order valence-electron chi connectivity index (χ0n) is 9.75. The molecule has 0 radical (unpaired) electrons. The van der Waals surface area contributed by atoms with Crippen molar-refractivity contribution in [2.75, 3.05) is 0 Å². The maximum atomic E-state index is 11.3. The van der Waals surface area contributed by atoms with Crippen molar-refractivity contribution in [3.8, 4) is 5.69 Å². The fourth-order valence-electron chi connectivity index (χ4n) is 2.03. The van der Waals surface area contributed by atoms with Crippen LogP contribution in [-0.2, 0) is 0 Å². The van der Waals surface area contributed by atoms with Crippen LogP contribution in [0.25, 0.3) is 16.6 Å². The summed E-state index contributed by atoms with van der Waals surface area (Å²) in [5, 5.41) is 14.5. The van der Waals surface area contributed by atoms with E-state index in [-0.39, 0.29) is 5.56 Å². The summed E-state index contributed by atoms with van der Waals surface area (Å²) in [6.07, 6.45) is 1.73. The van der Waals surface area contributed by atoms with E-state index in [0.29, 0.717) is 5.69 Å². The third-order valence-electron chi connectivity index (χ3n) is 2.89. The van der Waals surface area contributed by atoms with Crippen molar-refractivity contribution in [2.45, 2.75) is 0 Å². The molecule has 0 amide bonds. The first-order valence-electron chi connectivity index (χ1n) is 5.63. The van der Waals surface area contributed by atoms with Gasteiger partial charge in [0.1, 0.15) is 0 Å². The van der Waals surface area contributed by atoms with Crippen molar-refractivity contribution >= 4 is 32.8 Å². The summed E-state index contributed by atoms with van der Waals surface area (Å²) in [5.74, 6) is -0.976. The first-order valence-corrected chi connectivity index (χ1v) is 6.42. The Morgan fingerprint density at radius 2 is 2.00 bits per heavy atom. The van der Waals surface area contributed by atoms with Crippen LogP contribution < -0.4 is 0 Å². The molecule has 0 aliphatic rings. The first-order chi connectivity index (χ1) is 9.16. The number of aromatic carboxylic acids is 1. The number of carboxylic acids is 1. The molecule has 4 nitrogen and oxygen atoms in total. The van der Waals surface area contributed by atoms with Gasteiger partial charge in [0, 0.05) is 9.86 Å². The average molecular weight is 317 g/mol. The van der Waals surface area contributed by atoms with E-state index in [1.807, 2.05) is 24.3 Å². The zero-order chi connectivity index (χ0) is 13.4. The van der Waals surface area contributed by atoms with E-state index >= 15 is 0 Å². The lowest BCUT2D eigenvalue weighted by molar-refractivity contribution is 0.0696. The molecule has 0 fully saturated rings. The number of aromatic nitrogens is 2. The molecule has 19 heavy (non-hydrogen) atoms. The molecule has 0 unspecified atom stereocenters. The number of hydrogen-bond donors (Lipinski definition) is 1. The molecular weight excluding hydrogens is 308 g/mol. The Kier molecular flexibility index (Phi) is 2.83. The second kappa shape index (κ2) is 4.51. The van der Waals surface area contributed by atoms with Crippen LogP contribution in [-0.4, -0.2) is 20.9 Å². The Hall–Kier alpha value is -2.14. The molecule has 94 valence electrons. The van der Waals surface area contributed by atoms with Gasteiger partial charge in [-0.15, -0.1) is 0 Å². The van der Waals surface area contributed by atoms with Crippen molar-refractivity contribution < 1.29 is 9.90 Å². The maximum Gasteiger partial charge on any atom is 0.337 e. The second-order valence-corrected chi connectivity index (χ2v) is 5.00. The SMILES string of the molecule is O=C(O)c1cc(Br)ccc1-n1ncc2ccccc21. The van der Waals surface area contributed by atoms with E-state index in [1.54, 1.807) is 29.1 Å². The van der Waals surface area contributed by atoms with E-state index in [2.05, 4.69) is 21.0 Å². The smallest absolute Gasteiger partial charge is 0.337 e. The van der Waals surface area contributed by atoms with Gasteiger partial charge in [-0.25, -0.2) is 9.48 Å². The third kappa shape index (κ3) is 2.02. The molecular formula is C14H9BrN2O2. The maximum absolute atomic E-state index is 11.3. The highest BCUT2D eigenvalue weighted by Gasteiger charge is 2.14. The summed E-state index contributed by atoms with van der Waals surface area (Å²) in [6, 6.07) is 12.8. The van der Waals surface area contributed by atoms with Crippen molar-refractivity contribution in [3.63, 3.8) is 0 Å². The molecule has 0 saturated carbocycles. The fourth-order valence-corrected chi connectivity index (χ4v) is 2.39. The van der Waals surface area contributed by atoms with Gasteiger partial charge in [-0.1, -0.05) is 34.1 Å². The van der Waals surface area contributed by atoms with Gasteiger partial charge in [-0.05, 0) is 24.3 Å². The molecule has 0 aliphatic heterocycles. The van der Waals surface area contributed by atoms with Crippen LogP contribution in [0.2, 0.25) is 0 Å². The number of benzene rings is 2. The number of hydrogen-bond acceptors (Lipinski definition) is 2. The monoisotopic (exact) mass is 316 g/mol. The minimum absolute atomic E-state index is 0.211. The molecule has 0 bridgehead atoms. The van der Waals surface area contributed by atoms with Gasteiger partial charge in [-0.3, -0.25) is 0 Å². The predicted octanol–water partition coefficient (Wildman–Crippen LogP) is 3.49. The Labute approximate surface area is 117 Å². The third-order valence-corrected chi connectivity index (χ3v) is 3.39. The van der Waals surface area contributed by atoms with Crippen LogP contribution in [0.5, 0.6) is 0 Å². The highest BCUT2D eigenvalue weighted by Crippen LogP contribution is 2.23. The van der Waals surface area contributed by atoms with Crippen LogP contribution in [0.1, 0.15) is 10.4 Å². The Morgan fingerprint density at radius 3 is 2.79 bits per heavy atom. The van der Waals surface area contributed by atoms with Gasteiger partial charge in [0.05, 0.1) is 23.0 Å². The van der Waals surface area contributed by atoms with Gasteiger partial charge >= 0.3 is 5.97 Å². The van der Waals surface area contributed by atoms with Crippen LogP contribution >= 0.6 is 15.9 Å². The summed E-state index contributed by atoms with van der Waals surface area (Å²) in [4.78, 5) is 11.3. The Morgan fingerprint density at radius 1 is 1.21 bits per heavy atom. The predicted molar refractivity (Wildman–Crippen MR) is 75.7 cm³/mol. The minimum atomic E-state index is -0.976. The normalized spacial score (nSPS) is 10.8. The topological polar surface area (TPSA) is 55.1 Å². The average Bonchev–Trinajstić information content (AvgIpc) is 2.82. The number of fused-ring (bicyclic) bond motifs is 1. The molecule has 3 aromatic rings. The van der Waals surface area contributed by atoms with Gasteiger partial charge in [0.2, 0.25) is 0 Å². The molecule has 0 aliphatic carbocycles. The van der Waals surface area contributed by atoms with E-state index in [9.17, 15) is 9.90 Å². The summed E-state index contributed by atoms with van der Waals surface area (Å²) >= 11 is 3.28. The summed E-state index contributed by atoms with van der Waals surface area (Å²) < 4.78 is 2.37. The van der Waals surface area contributed by atoms with E-state index in [0.717, 1.165) is 15.4 Å². The second-order valence-electron chi connectivity index (χ2n) is 4.08. The molecule has 0 spiro atoms. The molecule has 0 atom stereocenters. The van der Waals surface area contributed by atoms with Crippen molar-refractivity contribution in [1.29, 1.82) is 0 Å². The van der Waals surface area contributed by atoms with Gasteiger partial charge < -0.3 is 5.11 Å². The Bertz CT molecular complexity index is 780. The number of rotatable bonds is 2. The lowest BCUT2D eigenvalue weighted by Gasteiger charge is -2.08. The highest BCUT2D eigenvalue weighted by atomic mass is 79.9. The lowest BCUT2D eigenvalue weighted by Crippen LogP contribution is -2.06. The highest BCUT2D eigenvalue weighted by molar-refractivity contribution is 9.10. The molecule has 1 aromatic heterocycles. The van der Waals surface area contributed by atoms with Crippen LogP contribution in [0, 0.1) is 0 Å². The molecule has 1 heterocycles. The molecule has 1 N–H and O–H groups in total. The number of nitrogens with zero attached hydrogens (tertiary/aromatic N) is 2. The molecule has 2 aromatic carbocycles. The number of carboxylic acid groups (broad SMARTS) is 1. The largest absolute Gasteiger partial charge is 0.478 e. The molecule has 0 saturated heterocycles. The standard InChI is InChI=1S/C14H9BrN2O2/c15-10-5-6-13(11(7-10)14(18)19)17-12-4-2-1-3-9(12)8-16-17/h1-8H,(H,18,19). The number of carbonyl (C=O) groups is 1. The zero-order valence-corrected chi connectivity index (χ0v) is 11.3. The van der Waals surface area contributed by atoms with E-state index in [4.69, 9.17) is 0 Å². The van der Waals surface area contributed by atoms with Crippen molar-refractivity contribution in [1.82, 2.24) is 9.78 Å². The number of halogens is 1. The minimum Gasteiger partial charge on any atom is -0.478 e. The fraction of sp³-hybridized carbons (Fsp3) is 0. The van der Waals surface area contributed by atoms with Gasteiger partial charge in [0.15, 0.2) is 0 Å². The molecule has 3 rings (SSSR count). The van der Waals surface area contributed by atoms with E-state index in [1.165, 1.54) is 0 Å². The lowest BCUT2D eigenvalue weighted by atomic mass is 10.1. The van der Waals surface area contributed by atoms with Gasteiger partial charge in [-0.2, -0.15) is 5.10 Å². The molecule has 5 heteroatoms. The van der Waals surface area contributed by atoms with E-state index < -0.39 is 5.97 Å². The van der Waals surface area contributed by atoms with Crippen molar-refractivity contribution in [2.24, 2.45) is 0 Å². The summed E-state index contributed by atoms with van der Waals surface area (Å²) in [7, 11) is 0. The summed E-state index contributed by atoms with van der Waals surface area (Å²) in [6.45, 7) is 0.